The van der Waals surface area contributed by atoms with Crippen LogP contribution in [0.2, 0.25) is 0 Å². The highest BCUT2D eigenvalue weighted by Crippen LogP contribution is 2.29. The van der Waals surface area contributed by atoms with Gasteiger partial charge in [0, 0.05) is 18.3 Å². The lowest BCUT2D eigenvalue weighted by molar-refractivity contribution is 0.470. The van der Waals surface area contributed by atoms with Crippen LogP contribution in [0.4, 0.5) is 5.69 Å². The molecule has 0 radical (unpaired) electrons. The number of anilines is 1. The van der Waals surface area contributed by atoms with Gasteiger partial charge in [-0.2, -0.15) is 0 Å². The summed E-state index contributed by atoms with van der Waals surface area (Å²) in [6.07, 6.45) is 2.55. The highest BCUT2D eigenvalue weighted by Gasteiger charge is 2.22. The Morgan fingerprint density at radius 1 is 1.13 bits per heavy atom. The molecule has 0 aliphatic carbocycles. The Labute approximate surface area is 93.1 Å². The van der Waals surface area contributed by atoms with Gasteiger partial charge in [0.2, 0.25) is 0 Å². The maximum Gasteiger partial charge on any atom is 0.0401 e. The molecular formula is C14H21N. The normalized spacial score (nSPS) is 17.7. The van der Waals surface area contributed by atoms with Gasteiger partial charge in [-0.25, -0.2) is 0 Å². The van der Waals surface area contributed by atoms with Gasteiger partial charge in [0.25, 0.3) is 0 Å². The largest absolute Gasteiger partial charge is 0.368 e. The third-order valence-corrected chi connectivity index (χ3v) is 3.60. The molecule has 0 aromatic heterocycles. The summed E-state index contributed by atoms with van der Waals surface area (Å²) in [6.45, 7) is 8.17. The number of para-hydroxylation sites is 1. The molecule has 1 aromatic rings. The SMILES string of the molecule is CC(C)[C@H](C)N1CCCc2ccccc21. The molecule has 0 amide bonds. The molecule has 0 fully saturated rings. The van der Waals surface area contributed by atoms with Gasteiger partial charge in [-0.1, -0.05) is 32.0 Å². The first kappa shape index (κ1) is 10.5. The van der Waals surface area contributed by atoms with Crippen molar-refractivity contribution in [2.75, 3.05) is 11.4 Å². The van der Waals surface area contributed by atoms with Crippen molar-refractivity contribution >= 4 is 5.69 Å². The van der Waals surface area contributed by atoms with Crippen LogP contribution in [0.25, 0.3) is 0 Å². The van der Waals surface area contributed by atoms with Gasteiger partial charge < -0.3 is 4.90 Å². The number of hydrogen-bond donors (Lipinski definition) is 0. The fourth-order valence-corrected chi connectivity index (χ4v) is 2.35. The van der Waals surface area contributed by atoms with Gasteiger partial charge in [-0.05, 0) is 37.3 Å². The van der Waals surface area contributed by atoms with Crippen LogP contribution < -0.4 is 4.90 Å². The molecule has 0 spiro atoms. The van der Waals surface area contributed by atoms with Crippen molar-refractivity contribution in [1.82, 2.24) is 0 Å². The van der Waals surface area contributed by atoms with E-state index in [0.717, 1.165) is 5.92 Å². The molecule has 1 heteroatoms. The van der Waals surface area contributed by atoms with Gasteiger partial charge in [-0.3, -0.25) is 0 Å². The van der Waals surface area contributed by atoms with E-state index in [4.69, 9.17) is 0 Å². The highest BCUT2D eigenvalue weighted by atomic mass is 15.2. The third-order valence-electron chi connectivity index (χ3n) is 3.60. The summed E-state index contributed by atoms with van der Waals surface area (Å²) in [5.74, 6) is 0.719. The Balaban J connectivity index is 2.29. The average Bonchev–Trinajstić information content (AvgIpc) is 2.27. The van der Waals surface area contributed by atoms with Crippen molar-refractivity contribution in [3.8, 4) is 0 Å². The first-order valence-electron chi connectivity index (χ1n) is 6.04. The molecule has 1 nitrogen and oxygen atoms in total. The predicted octanol–water partition coefficient (Wildman–Crippen LogP) is 3.48. The van der Waals surface area contributed by atoms with E-state index in [-0.39, 0.29) is 0 Å². The molecular weight excluding hydrogens is 182 g/mol. The molecule has 0 saturated carbocycles. The van der Waals surface area contributed by atoms with E-state index in [9.17, 15) is 0 Å². The number of rotatable bonds is 2. The molecule has 15 heavy (non-hydrogen) atoms. The summed E-state index contributed by atoms with van der Waals surface area (Å²) in [4.78, 5) is 2.57. The fraction of sp³-hybridized carbons (Fsp3) is 0.571. The van der Waals surface area contributed by atoms with E-state index in [2.05, 4.69) is 49.9 Å². The number of benzene rings is 1. The molecule has 2 rings (SSSR count). The smallest absolute Gasteiger partial charge is 0.0401 e. The van der Waals surface area contributed by atoms with Gasteiger partial charge in [0.15, 0.2) is 0 Å². The lowest BCUT2D eigenvalue weighted by atomic mass is 9.96. The minimum atomic E-state index is 0.645. The topological polar surface area (TPSA) is 3.24 Å². The zero-order valence-electron chi connectivity index (χ0n) is 10.0. The third kappa shape index (κ3) is 2.01. The molecule has 1 aliphatic rings. The Kier molecular flexibility index (Phi) is 2.99. The number of aryl methyl sites for hydroxylation is 1. The Hall–Kier alpha value is -0.980. The second-order valence-electron chi connectivity index (χ2n) is 4.91. The molecule has 1 atom stereocenters. The number of fused-ring (bicyclic) bond motifs is 1. The summed E-state index contributed by atoms with van der Waals surface area (Å²) < 4.78 is 0. The molecule has 1 heterocycles. The van der Waals surface area contributed by atoms with Gasteiger partial charge in [-0.15, -0.1) is 0 Å². The molecule has 0 N–H and O–H groups in total. The molecule has 0 unspecified atom stereocenters. The van der Waals surface area contributed by atoms with E-state index >= 15 is 0 Å². The Morgan fingerprint density at radius 2 is 1.87 bits per heavy atom. The van der Waals surface area contributed by atoms with Crippen molar-refractivity contribution < 1.29 is 0 Å². The fourth-order valence-electron chi connectivity index (χ4n) is 2.35. The summed E-state index contributed by atoms with van der Waals surface area (Å²) >= 11 is 0. The first-order valence-corrected chi connectivity index (χ1v) is 6.04. The van der Waals surface area contributed by atoms with Gasteiger partial charge in [0.1, 0.15) is 0 Å². The van der Waals surface area contributed by atoms with Crippen LogP contribution in [-0.4, -0.2) is 12.6 Å². The predicted molar refractivity (Wildman–Crippen MR) is 66.4 cm³/mol. The summed E-state index contributed by atoms with van der Waals surface area (Å²) in [7, 11) is 0. The maximum absolute atomic E-state index is 2.57. The standard InChI is InChI=1S/C14H21N/c1-11(2)12(3)15-10-6-8-13-7-4-5-9-14(13)15/h4-5,7,9,11-12H,6,8,10H2,1-3H3/t12-/m0/s1. The van der Waals surface area contributed by atoms with Crippen molar-refractivity contribution in [3.05, 3.63) is 29.8 Å². The van der Waals surface area contributed by atoms with E-state index < -0.39 is 0 Å². The Bertz CT molecular complexity index is 330. The highest BCUT2D eigenvalue weighted by molar-refractivity contribution is 5.56. The molecule has 1 aromatic carbocycles. The number of nitrogens with zero attached hydrogens (tertiary/aromatic N) is 1. The summed E-state index contributed by atoms with van der Waals surface area (Å²) in [5, 5.41) is 0. The van der Waals surface area contributed by atoms with Crippen LogP contribution in [0.5, 0.6) is 0 Å². The average molecular weight is 203 g/mol. The van der Waals surface area contributed by atoms with Crippen molar-refractivity contribution in [1.29, 1.82) is 0 Å². The van der Waals surface area contributed by atoms with Crippen LogP contribution in [0.1, 0.15) is 32.8 Å². The minimum absolute atomic E-state index is 0.645. The second-order valence-corrected chi connectivity index (χ2v) is 4.91. The van der Waals surface area contributed by atoms with E-state index in [1.165, 1.54) is 30.6 Å². The lowest BCUT2D eigenvalue weighted by Crippen LogP contribution is -2.40. The first-order chi connectivity index (χ1) is 7.20. The minimum Gasteiger partial charge on any atom is -0.368 e. The summed E-state index contributed by atoms with van der Waals surface area (Å²) in [6, 6.07) is 9.50. The number of hydrogen-bond acceptors (Lipinski definition) is 1. The zero-order chi connectivity index (χ0) is 10.8. The van der Waals surface area contributed by atoms with Crippen LogP contribution in [0.15, 0.2) is 24.3 Å². The molecule has 1 aliphatic heterocycles. The molecule has 0 bridgehead atoms. The lowest BCUT2D eigenvalue weighted by Gasteiger charge is -2.38. The maximum atomic E-state index is 2.57. The van der Waals surface area contributed by atoms with Gasteiger partial charge in [0.05, 0.1) is 0 Å². The van der Waals surface area contributed by atoms with Crippen molar-refractivity contribution in [2.45, 2.75) is 39.7 Å². The van der Waals surface area contributed by atoms with E-state index in [0.29, 0.717) is 6.04 Å². The second kappa shape index (κ2) is 4.26. The van der Waals surface area contributed by atoms with E-state index in [1.54, 1.807) is 0 Å². The van der Waals surface area contributed by atoms with Gasteiger partial charge >= 0.3 is 0 Å². The zero-order valence-corrected chi connectivity index (χ0v) is 10.0. The van der Waals surface area contributed by atoms with Crippen LogP contribution >= 0.6 is 0 Å². The summed E-state index contributed by atoms with van der Waals surface area (Å²) in [5.41, 5.74) is 2.99. The Morgan fingerprint density at radius 3 is 2.60 bits per heavy atom. The molecule has 0 saturated heterocycles. The monoisotopic (exact) mass is 203 g/mol. The molecule has 82 valence electrons. The van der Waals surface area contributed by atoms with Crippen molar-refractivity contribution in [2.24, 2.45) is 5.92 Å². The van der Waals surface area contributed by atoms with Crippen molar-refractivity contribution in [3.63, 3.8) is 0 Å². The van der Waals surface area contributed by atoms with E-state index in [1.807, 2.05) is 0 Å². The van der Waals surface area contributed by atoms with Crippen LogP contribution in [0.3, 0.4) is 0 Å². The van der Waals surface area contributed by atoms with Crippen LogP contribution in [-0.2, 0) is 6.42 Å². The quantitative estimate of drug-likeness (QED) is 0.711. The van der Waals surface area contributed by atoms with Crippen LogP contribution in [0, 0.1) is 5.92 Å².